The highest BCUT2D eigenvalue weighted by molar-refractivity contribution is 7.91. The van der Waals surface area contributed by atoms with Crippen molar-refractivity contribution < 1.29 is 13.5 Å². The van der Waals surface area contributed by atoms with Crippen molar-refractivity contribution in [2.45, 2.75) is 31.1 Å². The van der Waals surface area contributed by atoms with Crippen molar-refractivity contribution in [3.63, 3.8) is 0 Å². The lowest BCUT2D eigenvalue weighted by Gasteiger charge is -2.25. The number of fused-ring (bicyclic) bond motifs is 1. The van der Waals surface area contributed by atoms with Crippen molar-refractivity contribution in [3.8, 4) is 22.3 Å². The van der Waals surface area contributed by atoms with E-state index in [9.17, 15) is 13.5 Å². The molecule has 1 atom stereocenters. The van der Waals surface area contributed by atoms with Crippen molar-refractivity contribution in [2.24, 2.45) is 0 Å². The summed E-state index contributed by atoms with van der Waals surface area (Å²) in [4.78, 5) is 4.64. The second-order valence-corrected chi connectivity index (χ2v) is 13.0. The van der Waals surface area contributed by atoms with Gasteiger partial charge in [0.15, 0.2) is 9.84 Å². The van der Waals surface area contributed by atoms with Crippen LogP contribution in [-0.2, 0) is 20.2 Å². The zero-order valence-electron chi connectivity index (χ0n) is 22.0. The van der Waals surface area contributed by atoms with Gasteiger partial charge in [-0.1, -0.05) is 72.8 Å². The van der Waals surface area contributed by atoms with Crippen molar-refractivity contribution >= 4 is 20.7 Å². The molecule has 4 aromatic carbocycles. The maximum Gasteiger partial charge on any atom is 0.156 e. The minimum absolute atomic E-state index is 0.724. The number of sulfone groups is 1. The molecule has 0 saturated heterocycles. The molecule has 0 fully saturated rings. The van der Waals surface area contributed by atoms with Gasteiger partial charge in [-0.05, 0) is 84.5 Å². The first-order chi connectivity index (χ1) is 18.0. The Kier molecular flexibility index (Phi) is 6.46. The average Bonchev–Trinajstić information content (AvgIpc) is 2.92. The highest BCUT2D eigenvalue weighted by atomic mass is 32.2. The van der Waals surface area contributed by atoms with Crippen LogP contribution in [-0.4, -0.2) is 24.8 Å². The number of nitrogens with zero attached hydrogens (tertiary/aromatic N) is 1. The molecule has 5 aromatic rings. The van der Waals surface area contributed by atoms with Crippen LogP contribution in [0.2, 0.25) is 0 Å². The van der Waals surface area contributed by atoms with Gasteiger partial charge >= 0.3 is 0 Å². The van der Waals surface area contributed by atoms with Gasteiger partial charge in [-0.2, -0.15) is 0 Å². The van der Waals surface area contributed by atoms with Crippen molar-refractivity contribution in [1.82, 2.24) is 4.98 Å². The molecule has 0 radical (unpaired) electrons. The summed E-state index contributed by atoms with van der Waals surface area (Å²) in [6.07, 6.45) is 3.03. The van der Waals surface area contributed by atoms with Gasteiger partial charge in [-0.15, -0.1) is 0 Å². The van der Waals surface area contributed by atoms with Gasteiger partial charge < -0.3 is 5.11 Å². The summed E-state index contributed by atoms with van der Waals surface area (Å²) >= 11 is 0. The topological polar surface area (TPSA) is 67.3 Å². The van der Waals surface area contributed by atoms with E-state index in [1.807, 2.05) is 104 Å². The Balaban J connectivity index is 1.64. The third-order valence-electron chi connectivity index (χ3n) is 7.59. The minimum atomic E-state index is -3.36. The summed E-state index contributed by atoms with van der Waals surface area (Å²) in [5.41, 5.74) is 5.82. The Morgan fingerprint density at radius 2 is 1.29 bits per heavy atom. The van der Waals surface area contributed by atoms with Crippen LogP contribution in [0.5, 0.6) is 0 Å². The van der Waals surface area contributed by atoms with E-state index in [0.29, 0.717) is 0 Å². The number of hydrogen-bond acceptors (Lipinski definition) is 4. The Labute approximate surface area is 224 Å². The lowest BCUT2D eigenvalue weighted by atomic mass is 9.86. The standard InChI is InChI=1S/C33H31NO3S/c1-32(2,38(4,36)37)29-21-26-14-10-18-34-31(26)30(22-29)25-13-8-11-23(19-25)24-12-9-17-28(20-24)33(3,35)27-15-6-5-7-16-27/h5-22,35H,1-4H3. The van der Waals surface area contributed by atoms with Crippen LogP contribution in [0.1, 0.15) is 37.5 Å². The summed E-state index contributed by atoms with van der Waals surface area (Å²) in [7, 11) is -3.36. The predicted molar refractivity (Wildman–Crippen MR) is 156 cm³/mol. The van der Waals surface area contributed by atoms with Crippen LogP contribution in [0.15, 0.2) is 109 Å². The molecule has 0 spiro atoms. The van der Waals surface area contributed by atoms with Crippen molar-refractivity contribution in [1.29, 1.82) is 0 Å². The zero-order valence-corrected chi connectivity index (χ0v) is 22.8. The minimum Gasteiger partial charge on any atom is -0.381 e. The summed E-state index contributed by atoms with van der Waals surface area (Å²) in [6, 6.07) is 33.4. The molecular formula is C33H31NO3S. The first kappa shape index (κ1) is 25.8. The van der Waals surface area contributed by atoms with Gasteiger partial charge in [-0.25, -0.2) is 8.42 Å². The molecule has 0 aliphatic carbocycles. The first-order valence-electron chi connectivity index (χ1n) is 12.6. The summed E-state index contributed by atoms with van der Waals surface area (Å²) in [6.45, 7) is 5.29. The lowest BCUT2D eigenvalue weighted by Crippen LogP contribution is -2.28. The van der Waals surface area contributed by atoms with E-state index in [0.717, 1.165) is 49.8 Å². The maximum absolute atomic E-state index is 12.7. The maximum atomic E-state index is 12.7. The molecule has 1 heterocycles. The third-order valence-corrected chi connectivity index (χ3v) is 9.68. The first-order valence-corrected chi connectivity index (χ1v) is 14.5. The molecule has 192 valence electrons. The van der Waals surface area contributed by atoms with Gasteiger partial charge in [0.1, 0.15) is 5.60 Å². The highest BCUT2D eigenvalue weighted by Gasteiger charge is 2.33. The molecule has 1 aromatic heterocycles. The summed E-state index contributed by atoms with van der Waals surface area (Å²) < 4.78 is 24.3. The van der Waals surface area contributed by atoms with E-state index >= 15 is 0 Å². The van der Waals surface area contributed by atoms with E-state index in [2.05, 4.69) is 11.1 Å². The summed E-state index contributed by atoms with van der Waals surface area (Å²) in [5, 5.41) is 12.3. The van der Waals surface area contributed by atoms with Crippen molar-refractivity contribution in [3.05, 3.63) is 126 Å². The monoisotopic (exact) mass is 521 g/mol. The Hall–Kier alpha value is -3.80. The summed E-state index contributed by atoms with van der Waals surface area (Å²) in [5.74, 6) is 0. The number of rotatable bonds is 6. The molecule has 0 aliphatic rings. The highest BCUT2D eigenvalue weighted by Crippen LogP contribution is 2.38. The van der Waals surface area contributed by atoms with Crippen LogP contribution < -0.4 is 0 Å². The second kappa shape index (κ2) is 9.50. The number of benzene rings is 4. The van der Waals surface area contributed by atoms with Gasteiger partial charge in [0, 0.05) is 23.4 Å². The predicted octanol–water partition coefficient (Wildman–Crippen LogP) is 7.10. The molecule has 0 bridgehead atoms. The molecule has 5 rings (SSSR count). The fraction of sp³-hybridized carbons (Fsp3) is 0.182. The normalized spacial score (nSPS) is 13.8. The van der Waals surface area contributed by atoms with Crippen LogP contribution in [0.3, 0.4) is 0 Å². The molecule has 38 heavy (non-hydrogen) atoms. The second-order valence-electron chi connectivity index (χ2n) is 10.5. The van der Waals surface area contributed by atoms with Crippen LogP contribution >= 0.6 is 0 Å². The van der Waals surface area contributed by atoms with E-state index in [4.69, 9.17) is 0 Å². The van der Waals surface area contributed by atoms with Gasteiger partial charge in [-0.3, -0.25) is 4.98 Å². The molecule has 4 nitrogen and oxygen atoms in total. The van der Waals surface area contributed by atoms with Crippen molar-refractivity contribution in [2.75, 3.05) is 6.26 Å². The van der Waals surface area contributed by atoms with Crippen LogP contribution in [0, 0.1) is 0 Å². The zero-order chi connectivity index (χ0) is 27.1. The molecule has 1 N–H and O–H groups in total. The van der Waals surface area contributed by atoms with E-state index in [1.54, 1.807) is 20.0 Å². The molecule has 0 saturated carbocycles. The number of pyridine rings is 1. The van der Waals surface area contributed by atoms with Crippen LogP contribution in [0.25, 0.3) is 33.2 Å². The van der Waals surface area contributed by atoms with E-state index in [-0.39, 0.29) is 0 Å². The van der Waals surface area contributed by atoms with Gasteiger partial charge in [0.25, 0.3) is 0 Å². The number of aromatic nitrogens is 1. The fourth-order valence-corrected chi connectivity index (χ4v) is 5.32. The quantitative estimate of drug-likeness (QED) is 0.259. The molecular weight excluding hydrogens is 490 g/mol. The molecule has 5 heteroatoms. The Morgan fingerprint density at radius 3 is 2.00 bits per heavy atom. The lowest BCUT2D eigenvalue weighted by molar-refractivity contribution is 0.102. The number of hydrogen-bond donors (Lipinski definition) is 1. The molecule has 0 amide bonds. The average molecular weight is 522 g/mol. The van der Waals surface area contributed by atoms with Gasteiger partial charge in [0.05, 0.1) is 10.3 Å². The van der Waals surface area contributed by atoms with E-state index < -0.39 is 20.2 Å². The Bertz CT molecular complexity index is 1740. The van der Waals surface area contributed by atoms with E-state index in [1.165, 1.54) is 6.26 Å². The molecule has 1 unspecified atom stereocenters. The smallest absolute Gasteiger partial charge is 0.156 e. The van der Waals surface area contributed by atoms with Gasteiger partial charge in [0.2, 0.25) is 0 Å². The largest absolute Gasteiger partial charge is 0.381 e. The SMILES string of the molecule is CC(O)(c1ccccc1)c1cccc(-c2cccc(-c3cc(C(C)(C)S(C)(=O)=O)cc4cccnc34)c2)c1. The van der Waals surface area contributed by atoms with Crippen LogP contribution in [0.4, 0.5) is 0 Å². The molecule has 0 aliphatic heterocycles. The fourth-order valence-electron chi connectivity index (χ4n) is 4.77. The Morgan fingerprint density at radius 1 is 0.658 bits per heavy atom. The third kappa shape index (κ3) is 4.64. The number of aliphatic hydroxyl groups is 1.